The van der Waals surface area contributed by atoms with Gasteiger partial charge in [-0.3, -0.25) is 0 Å². The first kappa shape index (κ1) is 15.8. The van der Waals surface area contributed by atoms with Gasteiger partial charge < -0.3 is 15.6 Å². The third-order valence-electron chi connectivity index (χ3n) is 3.73. The fourth-order valence-corrected chi connectivity index (χ4v) is 2.71. The molecular weight excluding hydrogens is 286 g/mol. The Balaban J connectivity index is 2.30. The van der Waals surface area contributed by atoms with E-state index in [1.807, 2.05) is 43.3 Å². The van der Waals surface area contributed by atoms with E-state index in [4.69, 9.17) is 22.1 Å². The lowest BCUT2D eigenvalue weighted by atomic mass is 9.87. The molecule has 0 aliphatic carbocycles. The summed E-state index contributed by atoms with van der Waals surface area (Å²) in [6.07, 6.45) is -0.666. The van der Waals surface area contributed by atoms with E-state index in [9.17, 15) is 5.11 Å². The summed E-state index contributed by atoms with van der Waals surface area (Å²) in [7, 11) is 1.63. The van der Waals surface area contributed by atoms with Crippen molar-refractivity contribution in [2.45, 2.75) is 18.9 Å². The minimum atomic E-state index is -0.666. The summed E-state index contributed by atoms with van der Waals surface area (Å²) in [5.74, 6) is 0.613. The molecule has 0 aromatic heterocycles. The Hall–Kier alpha value is -1.55. The summed E-state index contributed by atoms with van der Waals surface area (Å²) < 4.78 is 5.15. The third kappa shape index (κ3) is 3.56. The summed E-state index contributed by atoms with van der Waals surface area (Å²) in [6, 6.07) is 13.1. The molecule has 2 unspecified atom stereocenters. The molecule has 0 radical (unpaired) electrons. The van der Waals surface area contributed by atoms with Crippen LogP contribution in [0.25, 0.3) is 0 Å². The van der Waals surface area contributed by atoms with Gasteiger partial charge in [0.25, 0.3) is 0 Å². The third-order valence-corrected chi connectivity index (χ3v) is 3.96. The van der Waals surface area contributed by atoms with Crippen molar-refractivity contribution in [1.29, 1.82) is 0 Å². The summed E-state index contributed by atoms with van der Waals surface area (Å²) in [4.78, 5) is 0. The van der Waals surface area contributed by atoms with Crippen LogP contribution in [0.15, 0.2) is 42.5 Å². The average Bonchev–Trinajstić information content (AvgIpc) is 2.48. The van der Waals surface area contributed by atoms with Gasteiger partial charge in [0.1, 0.15) is 5.75 Å². The lowest BCUT2D eigenvalue weighted by Crippen LogP contribution is -2.20. The molecule has 0 bridgehead atoms. The van der Waals surface area contributed by atoms with Crippen LogP contribution in [0.2, 0.25) is 5.02 Å². The van der Waals surface area contributed by atoms with E-state index < -0.39 is 6.10 Å². The molecule has 0 aliphatic rings. The van der Waals surface area contributed by atoms with Crippen molar-refractivity contribution in [2.24, 2.45) is 5.73 Å². The highest BCUT2D eigenvalue weighted by atomic mass is 35.5. The van der Waals surface area contributed by atoms with Gasteiger partial charge in [0.15, 0.2) is 0 Å². The molecule has 21 heavy (non-hydrogen) atoms. The zero-order chi connectivity index (χ0) is 15.4. The first-order valence-electron chi connectivity index (χ1n) is 6.85. The standard InChI is InChI=1S/C17H20ClNO2/c1-11-9-13(18)5-8-15(11)17(20)16(10-19)12-3-6-14(21-2)7-4-12/h3-9,16-17,20H,10,19H2,1-2H3. The number of aryl methyl sites for hydroxylation is 1. The number of halogens is 1. The zero-order valence-corrected chi connectivity index (χ0v) is 13.0. The summed E-state index contributed by atoms with van der Waals surface area (Å²) >= 11 is 5.97. The van der Waals surface area contributed by atoms with Crippen LogP contribution in [-0.2, 0) is 0 Å². The first-order chi connectivity index (χ1) is 10.1. The van der Waals surface area contributed by atoms with Crippen LogP contribution in [0.1, 0.15) is 28.7 Å². The molecule has 0 saturated heterocycles. The van der Waals surface area contributed by atoms with E-state index in [0.29, 0.717) is 11.6 Å². The molecule has 0 heterocycles. The SMILES string of the molecule is COc1ccc(C(CN)C(O)c2ccc(Cl)cc2C)cc1. The zero-order valence-electron chi connectivity index (χ0n) is 12.2. The van der Waals surface area contributed by atoms with Crippen LogP contribution in [0.5, 0.6) is 5.75 Å². The van der Waals surface area contributed by atoms with E-state index in [0.717, 1.165) is 22.4 Å². The molecule has 3 nitrogen and oxygen atoms in total. The lowest BCUT2D eigenvalue weighted by molar-refractivity contribution is 0.146. The van der Waals surface area contributed by atoms with Crippen LogP contribution >= 0.6 is 11.6 Å². The number of ether oxygens (including phenoxy) is 1. The van der Waals surface area contributed by atoms with Gasteiger partial charge in [0.05, 0.1) is 13.2 Å². The maximum absolute atomic E-state index is 10.7. The molecule has 3 N–H and O–H groups in total. The van der Waals surface area contributed by atoms with E-state index in [2.05, 4.69) is 0 Å². The molecule has 2 aromatic rings. The Morgan fingerprint density at radius 2 is 1.86 bits per heavy atom. The molecule has 0 fully saturated rings. The van der Waals surface area contributed by atoms with Gasteiger partial charge in [0, 0.05) is 17.5 Å². The molecule has 0 amide bonds. The minimum absolute atomic E-state index is 0.171. The van der Waals surface area contributed by atoms with E-state index in [-0.39, 0.29) is 5.92 Å². The molecule has 112 valence electrons. The predicted molar refractivity (Wildman–Crippen MR) is 85.9 cm³/mol. The second-order valence-corrected chi connectivity index (χ2v) is 5.50. The molecule has 2 atom stereocenters. The number of nitrogens with two attached hydrogens (primary N) is 1. The molecule has 0 aliphatic heterocycles. The Labute approximate surface area is 130 Å². The van der Waals surface area contributed by atoms with Crippen LogP contribution in [0.4, 0.5) is 0 Å². The molecule has 2 aromatic carbocycles. The Kier molecular flexibility index (Phi) is 5.23. The van der Waals surface area contributed by atoms with Gasteiger partial charge in [-0.15, -0.1) is 0 Å². The van der Waals surface area contributed by atoms with Crippen LogP contribution in [-0.4, -0.2) is 18.8 Å². The summed E-state index contributed by atoms with van der Waals surface area (Å²) in [6.45, 7) is 2.29. The quantitative estimate of drug-likeness (QED) is 0.890. The number of hydrogen-bond donors (Lipinski definition) is 2. The Morgan fingerprint density at radius 1 is 1.19 bits per heavy atom. The van der Waals surface area contributed by atoms with Crippen molar-refractivity contribution in [3.63, 3.8) is 0 Å². The highest BCUT2D eigenvalue weighted by Gasteiger charge is 2.23. The lowest BCUT2D eigenvalue weighted by Gasteiger charge is -2.24. The van der Waals surface area contributed by atoms with E-state index in [1.54, 1.807) is 13.2 Å². The van der Waals surface area contributed by atoms with Crippen molar-refractivity contribution < 1.29 is 9.84 Å². The van der Waals surface area contributed by atoms with Crippen molar-refractivity contribution in [1.82, 2.24) is 0 Å². The van der Waals surface area contributed by atoms with Gasteiger partial charge in [-0.05, 0) is 47.9 Å². The molecule has 0 saturated carbocycles. The first-order valence-corrected chi connectivity index (χ1v) is 7.22. The highest BCUT2D eigenvalue weighted by Crippen LogP contribution is 2.33. The van der Waals surface area contributed by atoms with E-state index >= 15 is 0 Å². The second-order valence-electron chi connectivity index (χ2n) is 5.06. The van der Waals surface area contributed by atoms with Gasteiger partial charge in [-0.25, -0.2) is 0 Å². The number of hydrogen-bond acceptors (Lipinski definition) is 3. The van der Waals surface area contributed by atoms with Crippen molar-refractivity contribution in [3.8, 4) is 5.75 Å². The topological polar surface area (TPSA) is 55.5 Å². The minimum Gasteiger partial charge on any atom is -0.497 e. The van der Waals surface area contributed by atoms with Crippen LogP contribution in [0, 0.1) is 6.92 Å². The van der Waals surface area contributed by atoms with Crippen LogP contribution in [0.3, 0.4) is 0 Å². The smallest absolute Gasteiger partial charge is 0.118 e. The van der Waals surface area contributed by atoms with Gasteiger partial charge >= 0.3 is 0 Å². The monoisotopic (exact) mass is 305 g/mol. The second kappa shape index (κ2) is 6.94. The Morgan fingerprint density at radius 3 is 2.38 bits per heavy atom. The highest BCUT2D eigenvalue weighted by molar-refractivity contribution is 6.30. The number of rotatable bonds is 5. The Bertz CT molecular complexity index is 598. The van der Waals surface area contributed by atoms with Gasteiger partial charge in [-0.2, -0.15) is 0 Å². The largest absolute Gasteiger partial charge is 0.497 e. The van der Waals surface area contributed by atoms with Gasteiger partial charge in [-0.1, -0.05) is 29.8 Å². The molecule has 2 rings (SSSR count). The predicted octanol–water partition coefficient (Wildman–Crippen LogP) is 3.43. The fourth-order valence-electron chi connectivity index (χ4n) is 2.49. The average molecular weight is 306 g/mol. The van der Waals surface area contributed by atoms with Crippen molar-refractivity contribution in [3.05, 3.63) is 64.2 Å². The molecule has 0 spiro atoms. The number of aliphatic hydroxyl groups excluding tert-OH is 1. The number of aliphatic hydroxyl groups is 1. The summed E-state index contributed by atoms with van der Waals surface area (Å²) in [5.41, 5.74) is 8.68. The fraction of sp³-hybridized carbons (Fsp3) is 0.294. The summed E-state index contributed by atoms with van der Waals surface area (Å²) in [5, 5.41) is 11.3. The van der Waals surface area contributed by atoms with Gasteiger partial charge in [0.2, 0.25) is 0 Å². The molecular formula is C17H20ClNO2. The van der Waals surface area contributed by atoms with E-state index in [1.165, 1.54) is 0 Å². The number of methoxy groups -OCH3 is 1. The molecule has 4 heteroatoms. The van der Waals surface area contributed by atoms with Crippen molar-refractivity contribution >= 4 is 11.6 Å². The number of benzene rings is 2. The normalized spacial score (nSPS) is 13.8. The van der Waals surface area contributed by atoms with Crippen molar-refractivity contribution in [2.75, 3.05) is 13.7 Å². The maximum Gasteiger partial charge on any atom is 0.118 e. The maximum atomic E-state index is 10.7. The van der Waals surface area contributed by atoms with Crippen LogP contribution < -0.4 is 10.5 Å².